The van der Waals surface area contributed by atoms with Gasteiger partial charge in [0.2, 0.25) is 5.91 Å². The Morgan fingerprint density at radius 2 is 1.73 bits per heavy atom. The Labute approximate surface area is 155 Å². The Morgan fingerprint density at radius 3 is 2.35 bits per heavy atom. The van der Waals surface area contributed by atoms with E-state index in [1.54, 1.807) is 31.4 Å². The lowest BCUT2D eigenvalue weighted by molar-refractivity contribution is -0.135. The Morgan fingerprint density at radius 1 is 1.08 bits per heavy atom. The summed E-state index contributed by atoms with van der Waals surface area (Å²) in [5, 5.41) is 5.93. The molecule has 0 aromatic heterocycles. The van der Waals surface area contributed by atoms with Gasteiger partial charge in [0.05, 0.1) is 7.11 Å². The van der Waals surface area contributed by atoms with Crippen molar-refractivity contribution in [1.29, 1.82) is 0 Å². The maximum atomic E-state index is 12.7. The third-order valence-electron chi connectivity index (χ3n) is 4.77. The number of unbranched alkanes of at least 4 members (excludes halogenated alkanes) is 1. The Balaban J connectivity index is 1.91. The van der Waals surface area contributed by atoms with Crippen molar-refractivity contribution in [3.05, 3.63) is 24.3 Å². The molecule has 0 bridgehead atoms. The van der Waals surface area contributed by atoms with Crippen LogP contribution in [0.15, 0.2) is 24.3 Å². The number of nitrogens with one attached hydrogen (secondary N) is 2. The molecule has 0 saturated heterocycles. The highest BCUT2D eigenvalue weighted by molar-refractivity contribution is 5.92. The van der Waals surface area contributed by atoms with Gasteiger partial charge >= 0.3 is 0 Å². The second-order valence-electron chi connectivity index (χ2n) is 6.76. The van der Waals surface area contributed by atoms with E-state index in [1.807, 2.05) is 0 Å². The van der Waals surface area contributed by atoms with Gasteiger partial charge in [0, 0.05) is 6.54 Å². The standard InChI is InChI=1S/C20H30N2O4/c1-3-4-14-21-19(24)20(12-6-5-7-13-20)22-18(23)15-26-17-10-8-16(25-2)9-11-17/h8-11H,3-7,12-15H2,1-2H3,(H,21,24)(H,22,23). The normalized spacial score (nSPS) is 15.8. The molecule has 2 amide bonds. The molecule has 0 heterocycles. The molecule has 1 aromatic carbocycles. The number of carbonyl (C=O) groups excluding carboxylic acids is 2. The molecule has 144 valence electrons. The van der Waals surface area contributed by atoms with E-state index in [1.165, 1.54) is 0 Å². The predicted molar refractivity (Wildman–Crippen MR) is 100 cm³/mol. The van der Waals surface area contributed by atoms with Gasteiger partial charge in [-0.3, -0.25) is 9.59 Å². The second-order valence-corrected chi connectivity index (χ2v) is 6.76. The zero-order valence-corrected chi connectivity index (χ0v) is 15.8. The van der Waals surface area contributed by atoms with Gasteiger partial charge in [0.25, 0.3) is 5.91 Å². The van der Waals surface area contributed by atoms with Crippen molar-refractivity contribution in [1.82, 2.24) is 10.6 Å². The Bertz CT molecular complexity index is 580. The van der Waals surface area contributed by atoms with Crippen LogP contribution in [-0.2, 0) is 9.59 Å². The van der Waals surface area contributed by atoms with E-state index < -0.39 is 5.54 Å². The average Bonchev–Trinajstić information content (AvgIpc) is 2.67. The molecule has 1 aliphatic rings. The van der Waals surface area contributed by atoms with E-state index in [9.17, 15) is 9.59 Å². The van der Waals surface area contributed by atoms with Gasteiger partial charge in [0.15, 0.2) is 6.61 Å². The summed E-state index contributed by atoms with van der Waals surface area (Å²) in [7, 11) is 1.60. The number of rotatable bonds is 9. The van der Waals surface area contributed by atoms with Crippen LogP contribution in [-0.4, -0.2) is 37.6 Å². The summed E-state index contributed by atoms with van der Waals surface area (Å²) in [4.78, 5) is 25.1. The molecule has 1 saturated carbocycles. The molecule has 0 unspecified atom stereocenters. The first-order valence-electron chi connectivity index (χ1n) is 9.46. The summed E-state index contributed by atoms with van der Waals surface area (Å²) >= 11 is 0. The second kappa shape index (κ2) is 10.0. The smallest absolute Gasteiger partial charge is 0.258 e. The van der Waals surface area contributed by atoms with Crippen LogP contribution >= 0.6 is 0 Å². The lowest BCUT2D eigenvalue weighted by Gasteiger charge is -2.36. The van der Waals surface area contributed by atoms with Gasteiger partial charge in [-0.1, -0.05) is 32.6 Å². The van der Waals surface area contributed by atoms with Crippen LogP contribution in [0.25, 0.3) is 0 Å². The molecule has 2 rings (SSSR count). The summed E-state index contributed by atoms with van der Waals surface area (Å²) in [6, 6.07) is 7.05. The van der Waals surface area contributed by atoms with E-state index in [0.717, 1.165) is 37.9 Å². The third-order valence-corrected chi connectivity index (χ3v) is 4.77. The first-order chi connectivity index (χ1) is 12.6. The zero-order chi connectivity index (χ0) is 18.8. The largest absolute Gasteiger partial charge is 0.497 e. The molecule has 6 nitrogen and oxygen atoms in total. The highest BCUT2D eigenvalue weighted by Crippen LogP contribution is 2.28. The highest BCUT2D eigenvalue weighted by Gasteiger charge is 2.40. The summed E-state index contributed by atoms with van der Waals surface area (Å²) in [5.41, 5.74) is -0.799. The number of carbonyl (C=O) groups is 2. The van der Waals surface area contributed by atoms with Crippen molar-refractivity contribution in [2.45, 2.75) is 57.4 Å². The molecule has 0 aliphatic heterocycles. The van der Waals surface area contributed by atoms with Gasteiger partial charge < -0.3 is 20.1 Å². The summed E-state index contributed by atoms with van der Waals surface area (Å²) in [5.74, 6) is 0.981. The lowest BCUT2D eigenvalue weighted by atomic mass is 9.80. The first-order valence-corrected chi connectivity index (χ1v) is 9.46. The minimum Gasteiger partial charge on any atom is -0.497 e. The van der Waals surface area contributed by atoms with Crippen LogP contribution in [0, 0.1) is 0 Å². The molecule has 0 spiro atoms. The Kier molecular flexibility index (Phi) is 7.75. The van der Waals surface area contributed by atoms with Crippen molar-refractivity contribution in [3.8, 4) is 11.5 Å². The minimum atomic E-state index is -0.799. The molecule has 2 N–H and O–H groups in total. The molecule has 0 atom stereocenters. The molecule has 1 aromatic rings. The van der Waals surface area contributed by atoms with Gasteiger partial charge in [0.1, 0.15) is 17.0 Å². The van der Waals surface area contributed by atoms with Crippen LogP contribution in [0.4, 0.5) is 0 Å². The molecular formula is C20H30N2O4. The Hall–Kier alpha value is -2.24. The SMILES string of the molecule is CCCCNC(=O)C1(NC(=O)COc2ccc(OC)cc2)CCCCC1. The topological polar surface area (TPSA) is 76.7 Å². The fraction of sp³-hybridized carbons (Fsp3) is 0.600. The van der Waals surface area contributed by atoms with Crippen molar-refractivity contribution in [3.63, 3.8) is 0 Å². The summed E-state index contributed by atoms with van der Waals surface area (Å²) in [6.45, 7) is 2.62. The first kappa shape index (κ1) is 20.1. The van der Waals surface area contributed by atoms with Crippen molar-refractivity contribution < 1.29 is 19.1 Å². The van der Waals surface area contributed by atoms with Crippen LogP contribution in [0.3, 0.4) is 0 Å². The van der Waals surface area contributed by atoms with E-state index in [-0.39, 0.29) is 18.4 Å². The quantitative estimate of drug-likeness (QED) is 0.662. The fourth-order valence-corrected chi connectivity index (χ4v) is 3.24. The van der Waals surface area contributed by atoms with Gasteiger partial charge in [-0.25, -0.2) is 0 Å². The van der Waals surface area contributed by atoms with E-state index in [2.05, 4.69) is 17.6 Å². The van der Waals surface area contributed by atoms with Crippen molar-refractivity contribution >= 4 is 11.8 Å². The fourth-order valence-electron chi connectivity index (χ4n) is 3.24. The number of amides is 2. The van der Waals surface area contributed by atoms with Crippen molar-refractivity contribution in [2.75, 3.05) is 20.3 Å². The van der Waals surface area contributed by atoms with Gasteiger partial charge in [-0.2, -0.15) is 0 Å². The number of hydrogen-bond acceptors (Lipinski definition) is 4. The van der Waals surface area contributed by atoms with Gasteiger partial charge in [-0.05, 0) is 43.5 Å². The molecule has 0 radical (unpaired) electrons. The maximum absolute atomic E-state index is 12.7. The summed E-state index contributed by atoms with van der Waals surface area (Å²) < 4.78 is 10.6. The molecule has 26 heavy (non-hydrogen) atoms. The van der Waals surface area contributed by atoms with Crippen LogP contribution < -0.4 is 20.1 Å². The zero-order valence-electron chi connectivity index (χ0n) is 15.8. The lowest BCUT2D eigenvalue weighted by Crippen LogP contribution is -2.60. The number of hydrogen-bond donors (Lipinski definition) is 2. The van der Waals surface area contributed by atoms with E-state index >= 15 is 0 Å². The maximum Gasteiger partial charge on any atom is 0.258 e. The highest BCUT2D eigenvalue weighted by atomic mass is 16.5. The molecule has 1 fully saturated rings. The number of benzene rings is 1. The van der Waals surface area contributed by atoms with Crippen LogP contribution in [0.2, 0.25) is 0 Å². The number of methoxy groups -OCH3 is 1. The molecular weight excluding hydrogens is 332 g/mol. The number of ether oxygens (including phenoxy) is 2. The monoisotopic (exact) mass is 362 g/mol. The van der Waals surface area contributed by atoms with Crippen LogP contribution in [0.5, 0.6) is 11.5 Å². The average molecular weight is 362 g/mol. The molecule has 6 heteroatoms. The summed E-state index contributed by atoms with van der Waals surface area (Å²) in [6.07, 6.45) is 6.31. The van der Waals surface area contributed by atoms with Crippen molar-refractivity contribution in [2.24, 2.45) is 0 Å². The van der Waals surface area contributed by atoms with Gasteiger partial charge in [-0.15, -0.1) is 0 Å². The van der Waals surface area contributed by atoms with Crippen LogP contribution in [0.1, 0.15) is 51.9 Å². The predicted octanol–water partition coefficient (Wildman–Crippen LogP) is 2.81. The molecule has 1 aliphatic carbocycles. The minimum absolute atomic E-state index is 0.0663. The third kappa shape index (κ3) is 5.64. The van der Waals surface area contributed by atoms with E-state index in [4.69, 9.17) is 9.47 Å². The van der Waals surface area contributed by atoms with E-state index in [0.29, 0.717) is 25.1 Å².